The Labute approximate surface area is 98.3 Å². The van der Waals surface area contributed by atoms with Gasteiger partial charge in [-0.15, -0.1) is 0 Å². The third-order valence-electron chi connectivity index (χ3n) is 2.53. The Hall–Kier alpha value is -0.860. The summed E-state index contributed by atoms with van der Waals surface area (Å²) in [5.41, 5.74) is 2.27. The largest absolute Gasteiger partial charge is 0.386 e. The van der Waals surface area contributed by atoms with Gasteiger partial charge in [-0.3, -0.25) is 0 Å². The van der Waals surface area contributed by atoms with Crippen molar-refractivity contribution >= 4 is 0 Å². The summed E-state index contributed by atoms with van der Waals surface area (Å²) in [7, 11) is 0. The molecule has 1 atom stereocenters. The number of aryl methyl sites for hydroxylation is 1. The Balaban J connectivity index is 2.46. The average molecular weight is 222 g/mol. The van der Waals surface area contributed by atoms with E-state index in [4.69, 9.17) is 4.74 Å². The fourth-order valence-electron chi connectivity index (χ4n) is 1.63. The Bertz CT molecular complexity index is 279. The van der Waals surface area contributed by atoms with Gasteiger partial charge in [0.15, 0.2) is 0 Å². The van der Waals surface area contributed by atoms with Crippen molar-refractivity contribution in [2.75, 3.05) is 13.2 Å². The smallest absolute Gasteiger partial charge is 0.102 e. The first-order valence-electron chi connectivity index (χ1n) is 6.12. The van der Waals surface area contributed by atoms with Crippen molar-refractivity contribution in [2.45, 2.75) is 39.2 Å². The lowest BCUT2D eigenvalue weighted by atomic mass is 10.0. The summed E-state index contributed by atoms with van der Waals surface area (Å²) >= 11 is 0. The maximum Gasteiger partial charge on any atom is 0.102 e. The maximum absolute atomic E-state index is 9.84. The molecule has 2 heteroatoms. The summed E-state index contributed by atoms with van der Waals surface area (Å²) in [6.07, 6.45) is 2.74. The number of rotatable bonds is 7. The van der Waals surface area contributed by atoms with Gasteiger partial charge in [0.05, 0.1) is 6.61 Å². The minimum atomic E-state index is -0.498. The first-order chi connectivity index (χ1) is 7.77. The number of ether oxygens (including phenoxy) is 1. The average Bonchev–Trinajstić information content (AvgIpc) is 2.30. The SMILES string of the molecule is CCCOCC(O)c1ccc(CCC)cc1. The van der Waals surface area contributed by atoms with E-state index in [0.717, 1.165) is 24.8 Å². The van der Waals surface area contributed by atoms with Gasteiger partial charge in [0.1, 0.15) is 6.10 Å². The van der Waals surface area contributed by atoms with Crippen LogP contribution in [-0.2, 0) is 11.2 Å². The van der Waals surface area contributed by atoms with E-state index in [1.165, 1.54) is 5.56 Å². The highest BCUT2D eigenvalue weighted by molar-refractivity contribution is 5.24. The molecule has 0 saturated heterocycles. The molecule has 1 aromatic carbocycles. The van der Waals surface area contributed by atoms with Gasteiger partial charge in [0.25, 0.3) is 0 Å². The zero-order chi connectivity index (χ0) is 11.8. The van der Waals surface area contributed by atoms with Gasteiger partial charge in [-0.05, 0) is 24.0 Å². The fourth-order valence-corrected chi connectivity index (χ4v) is 1.63. The lowest BCUT2D eigenvalue weighted by Crippen LogP contribution is -2.07. The molecule has 1 aromatic rings. The Morgan fingerprint density at radius 1 is 1.12 bits per heavy atom. The van der Waals surface area contributed by atoms with Crippen LogP contribution in [0.1, 0.15) is 43.9 Å². The second-order valence-corrected chi connectivity index (χ2v) is 4.08. The monoisotopic (exact) mass is 222 g/mol. The molecule has 90 valence electrons. The van der Waals surface area contributed by atoms with Crippen LogP contribution >= 0.6 is 0 Å². The molecule has 16 heavy (non-hydrogen) atoms. The van der Waals surface area contributed by atoms with Crippen LogP contribution in [0.25, 0.3) is 0 Å². The molecular weight excluding hydrogens is 200 g/mol. The van der Waals surface area contributed by atoms with Crippen molar-refractivity contribution in [3.8, 4) is 0 Å². The molecule has 1 rings (SSSR count). The van der Waals surface area contributed by atoms with Crippen LogP contribution in [0.4, 0.5) is 0 Å². The van der Waals surface area contributed by atoms with E-state index in [1.54, 1.807) is 0 Å². The number of hydrogen-bond acceptors (Lipinski definition) is 2. The van der Waals surface area contributed by atoms with Crippen LogP contribution in [0.15, 0.2) is 24.3 Å². The van der Waals surface area contributed by atoms with E-state index in [-0.39, 0.29) is 0 Å². The second-order valence-electron chi connectivity index (χ2n) is 4.08. The number of benzene rings is 1. The highest BCUT2D eigenvalue weighted by atomic mass is 16.5. The summed E-state index contributed by atoms with van der Waals surface area (Å²) in [6.45, 7) is 5.33. The molecule has 0 fully saturated rings. The summed E-state index contributed by atoms with van der Waals surface area (Å²) in [5, 5.41) is 9.84. The quantitative estimate of drug-likeness (QED) is 0.718. The van der Waals surface area contributed by atoms with Crippen LogP contribution in [0, 0.1) is 0 Å². The minimum Gasteiger partial charge on any atom is -0.386 e. The van der Waals surface area contributed by atoms with Crippen LogP contribution in [0.3, 0.4) is 0 Å². The van der Waals surface area contributed by atoms with Gasteiger partial charge in [0, 0.05) is 6.61 Å². The van der Waals surface area contributed by atoms with Crippen LogP contribution in [0.2, 0.25) is 0 Å². The Morgan fingerprint density at radius 2 is 1.81 bits per heavy atom. The molecule has 0 heterocycles. The van der Waals surface area contributed by atoms with Crippen LogP contribution in [-0.4, -0.2) is 18.3 Å². The standard InChI is InChI=1S/C14H22O2/c1-3-5-12-6-8-13(9-7-12)14(15)11-16-10-4-2/h6-9,14-15H,3-5,10-11H2,1-2H3. The number of aliphatic hydroxyl groups excluding tert-OH is 1. The minimum absolute atomic E-state index is 0.390. The molecule has 1 N–H and O–H groups in total. The molecule has 0 spiro atoms. The third kappa shape index (κ3) is 4.33. The van der Waals surface area contributed by atoms with Crippen molar-refractivity contribution in [3.05, 3.63) is 35.4 Å². The molecule has 0 radical (unpaired) electrons. The number of hydrogen-bond donors (Lipinski definition) is 1. The van der Waals surface area contributed by atoms with Crippen molar-refractivity contribution in [2.24, 2.45) is 0 Å². The summed E-state index contributed by atoms with van der Waals surface area (Å²) in [6, 6.07) is 8.15. The first-order valence-corrected chi connectivity index (χ1v) is 6.12. The number of aliphatic hydroxyl groups is 1. The van der Waals surface area contributed by atoms with Crippen molar-refractivity contribution < 1.29 is 9.84 Å². The zero-order valence-electron chi connectivity index (χ0n) is 10.3. The summed E-state index contributed by atoms with van der Waals surface area (Å²) in [4.78, 5) is 0. The lowest BCUT2D eigenvalue weighted by molar-refractivity contribution is 0.0364. The lowest BCUT2D eigenvalue weighted by Gasteiger charge is -2.11. The Kier molecular flexibility index (Phi) is 6.12. The van der Waals surface area contributed by atoms with Gasteiger partial charge >= 0.3 is 0 Å². The van der Waals surface area contributed by atoms with Gasteiger partial charge in [0.2, 0.25) is 0 Å². The molecule has 1 unspecified atom stereocenters. The predicted octanol–water partition coefficient (Wildman–Crippen LogP) is 3.10. The highest BCUT2D eigenvalue weighted by Gasteiger charge is 2.06. The molecule has 0 aromatic heterocycles. The predicted molar refractivity (Wildman–Crippen MR) is 66.5 cm³/mol. The molecule has 0 aliphatic carbocycles. The molecule has 0 amide bonds. The Morgan fingerprint density at radius 3 is 2.38 bits per heavy atom. The van der Waals surface area contributed by atoms with E-state index >= 15 is 0 Å². The van der Waals surface area contributed by atoms with Gasteiger partial charge in [-0.1, -0.05) is 44.5 Å². The molecule has 0 aliphatic heterocycles. The van der Waals surface area contributed by atoms with Crippen molar-refractivity contribution in [1.82, 2.24) is 0 Å². The van der Waals surface area contributed by atoms with Gasteiger partial charge in [-0.25, -0.2) is 0 Å². The molecule has 0 bridgehead atoms. The second kappa shape index (κ2) is 7.42. The molecular formula is C14H22O2. The van der Waals surface area contributed by atoms with Gasteiger partial charge < -0.3 is 9.84 Å². The molecule has 0 aliphatic rings. The highest BCUT2D eigenvalue weighted by Crippen LogP contribution is 2.15. The van der Waals surface area contributed by atoms with E-state index in [2.05, 4.69) is 26.0 Å². The molecule has 2 nitrogen and oxygen atoms in total. The maximum atomic E-state index is 9.84. The van der Waals surface area contributed by atoms with Crippen molar-refractivity contribution in [3.63, 3.8) is 0 Å². The first kappa shape index (κ1) is 13.2. The molecule has 0 saturated carbocycles. The van der Waals surface area contributed by atoms with Crippen molar-refractivity contribution in [1.29, 1.82) is 0 Å². The van der Waals surface area contributed by atoms with Gasteiger partial charge in [-0.2, -0.15) is 0 Å². The fraction of sp³-hybridized carbons (Fsp3) is 0.571. The normalized spacial score (nSPS) is 12.7. The third-order valence-corrected chi connectivity index (χ3v) is 2.53. The summed E-state index contributed by atoms with van der Waals surface area (Å²) in [5.74, 6) is 0. The van der Waals surface area contributed by atoms with E-state index in [9.17, 15) is 5.11 Å². The van der Waals surface area contributed by atoms with Crippen LogP contribution < -0.4 is 0 Å². The van der Waals surface area contributed by atoms with Crippen LogP contribution in [0.5, 0.6) is 0 Å². The van der Waals surface area contributed by atoms with E-state index < -0.39 is 6.10 Å². The summed E-state index contributed by atoms with van der Waals surface area (Å²) < 4.78 is 5.33. The van der Waals surface area contributed by atoms with E-state index in [1.807, 2.05) is 12.1 Å². The topological polar surface area (TPSA) is 29.5 Å². The zero-order valence-corrected chi connectivity index (χ0v) is 10.3. The van der Waals surface area contributed by atoms with E-state index in [0.29, 0.717) is 13.2 Å².